The van der Waals surface area contributed by atoms with Crippen LogP contribution in [-0.4, -0.2) is 38.9 Å². The van der Waals surface area contributed by atoms with Crippen LogP contribution < -0.4 is 9.62 Å². The largest absolute Gasteiger partial charge is 0.353 e. The van der Waals surface area contributed by atoms with Crippen molar-refractivity contribution < 1.29 is 13.2 Å². The van der Waals surface area contributed by atoms with E-state index < -0.39 is 16.1 Å². The van der Waals surface area contributed by atoms with Gasteiger partial charge in [-0.05, 0) is 61.2 Å². The number of aryl methyl sites for hydroxylation is 2. The van der Waals surface area contributed by atoms with Crippen molar-refractivity contribution in [2.24, 2.45) is 0 Å². The Morgan fingerprint density at radius 1 is 1.13 bits per heavy atom. The van der Waals surface area contributed by atoms with Gasteiger partial charge < -0.3 is 5.32 Å². The van der Waals surface area contributed by atoms with E-state index in [4.69, 9.17) is 23.2 Å². The number of amides is 1. The Morgan fingerprint density at radius 3 is 2.42 bits per heavy atom. The van der Waals surface area contributed by atoms with E-state index in [1.807, 2.05) is 26.0 Å². The summed E-state index contributed by atoms with van der Waals surface area (Å²) in [6.07, 6.45) is 1.49. The van der Waals surface area contributed by atoms with Gasteiger partial charge in [-0.3, -0.25) is 9.10 Å². The lowest BCUT2D eigenvalue weighted by Gasteiger charge is -2.30. The lowest BCUT2D eigenvalue weighted by molar-refractivity contribution is -0.122. The van der Waals surface area contributed by atoms with Crippen molar-refractivity contribution in [1.82, 2.24) is 5.32 Å². The Labute approximate surface area is 199 Å². The number of nitrogens with one attached hydrogen (secondary N) is 1. The van der Waals surface area contributed by atoms with E-state index in [1.54, 1.807) is 43.0 Å². The number of carbonyl (C=O) groups excluding carboxylic acids is 1. The maximum absolute atomic E-state index is 12.9. The highest BCUT2D eigenvalue weighted by Crippen LogP contribution is 2.26. The predicted molar refractivity (Wildman–Crippen MR) is 133 cm³/mol. The van der Waals surface area contributed by atoms with Gasteiger partial charge in [-0.1, -0.05) is 42.3 Å². The fourth-order valence-corrected chi connectivity index (χ4v) is 5.73. The van der Waals surface area contributed by atoms with Gasteiger partial charge in [0.05, 0.1) is 11.9 Å². The zero-order valence-corrected chi connectivity index (χ0v) is 21.3. The second kappa shape index (κ2) is 11.5. The Hall–Kier alpha value is -1.41. The van der Waals surface area contributed by atoms with Crippen LogP contribution in [0.3, 0.4) is 0 Å². The minimum absolute atomic E-state index is 0.309. The summed E-state index contributed by atoms with van der Waals surface area (Å²) in [6, 6.07) is 9.99. The smallest absolute Gasteiger partial charge is 0.243 e. The zero-order chi connectivity index (χ0) is 23.2. The first-order valence-electron chi connectivity index (χ1n) is 9.90. The first-order valence-corrected chi connectivity index (χ1v) is 13.7. The molecule has 0 aliphatic rings. The van der Waals surface area contributed by atoms with Crippen LogP contribution in [0.25, 0.3) is 0 Å². The fraction of sp³-hybridized carbons (Fsp3) is 0.409. The molecular weight excluding hydrogens is 475 g/mol. The van der Waals surface area contributed by atoms with Gasteiger partial charge in [-0.2, -0.15) is 11.8 Å². The molecule has 2 aromatic carbocycles. The number of benzene rings is 2. The van der Waals surface area contributed by atoms with Crippen LogP contribution in [0.5, 0.6) is 0 Å². The average Bonchev–Trinajstić information content (AvgIpc) is 2.68. The summed E-state index contributed by atoms with van der Waals surface area (Å²) in [4.78, 5) is 12.9. The summed E-state index contributed by atoms with van der Waals surface area (Å²) in [7, 11) is -3.64. The third-order valence-electron chi connectivity index (χ3n) is 4.89. The van der Waals surface area contributed by atoms with Crippen LogP contribution in [0.2, 0.25) is 10.0 Å². The third kappa shape index (κ3) is 7.31. The molecule has 0 aliphatic carbocycles. The third-order valence-corrected chi connectivity index (χ3v) is 7.67. The molecule has 0 bridgehead atoms. The molecular formula is C22H28Cl2N2O3S2. The highest BCUT2D eigenvalue weighted by molar-refractivity contribution is 7.98. The van der Waals surface area contributed by atoms with E-state index in [1.165, 1.54) is 4.31 Å². The van der Waals surface area contributed by atoms with Gasteiger partial charge in [-0.25, -0.2) is 8.42 Å². The summed E-state index contributed by atoms with van der Waals surface area (Å²) in [6.45, 7) is 6.11. The lowest BCUT2D eigenvalue weighted by Crippen LogP contribution is -2.49. The van der Waals surface area contributed by atoms with E-state index in [9.17, 15) is 13.2 Å². The molecule has 0 aromatic heterocycles. The Morgan fingerprint density at radius 2 is 1.84 bits per heavy atom. The minimum Gasteiger partial charge on any atom is -0.353 e. The van der Waals surface area contributed by atoms with Crippen molar-refractivity contribution in [2.75, 3.05) is 22.9 Å². The lowest BCUT2D eigenvalue weighted by atomic mass is 10.1. The summed E-state index contributed by atoms with van der Waals surface area (Å²) in [5, 5.41) is 4.08. The SMILES string of the molecule is CCC(C(=O)NCCSCc1ccc(Cl)cc1Cl)N(c1ccc(C)c(C)c1)S(C)(=O)=O. The van der Waals surface area contributed by atoms with Crippen LogP contribution in [0, 0.1) is 13.8 Å². The van der Waals surface area contributed by atoms with Gasteiger partial charge in [0.15, 0.2) is 0 Å². The highest BCUT2D eigenvalue weighted by Gasteiger charge is 2.31. The Kier molecular flexibility index (Phi) is 9.55. The molecule has 1 atom stereocenters. The molecule has 9 heteroatoms. The maximum Gasteiger partial charge on any atom is 0.243 e. The fourth-order valence-electron chi connectivity index (χ4n) is 3.11. The number of carbonyl (C=O) groups is 1. The molecule has 0 fully saturated rings. The molecule has 0 saturated carbocycles. The maximum atomic E-state index is 12.9. The van der Waals surface area contributed by atoms with E-state index in [2.05, 4.69) is 5.32 Å². The number of hydrogen-bond donors (Lipinski definition) is 1. The van der Waals surface area contributed by atoms with Crippen molar-refractivity contribution in [3.05, 3.63) is 63.1 Å². The number of rotatable bonds is 10. The first kappa shape index (κ1) is 25.8. The quantitative estimate of drug-likeness (QED) is 0.453. The Bertz CT molecular complexity index is 1030. The minimum atomic E-state index is -3.64. The Balaban J connectivity index is 2.00. The molecule has 2 rings (SSSR count). The van der Waals surface area contributed by atoms with Gasteiger partial charge in [0.1, 0.15) is 6.04 Å². The molecule has 0 heterocycles. The van der Waals surface area contributed by atoms with E-state index >= 15 is 0 Å². The summed E-state index contributed by atoms with van der Waals surface area (Å²) >= 11 is 13.7. The van der Waals surface area contributed by atoms with Crippen LogP contribution in [0.4, 0.5) is 5.69 Å². The van der Waals surface area contributed by atoms with Crippen molar-refractivity contribution in [3.63, 3.8) is 0 Å². The molecule has 31 heavy (non-hydrogen) atoms. The number of halogens is 2. The molecule has 0 aliphatic heterocycles. The summed E-state index contributed by atoms with van der Waals surface area (Å²) < 4.78 is 26.3. The summed E-state index contributed by atoms with van der Waals surface area (Å²) in [5.41, 5.74) is 3.51. The molecule has 5 nitrogen and oxygen atoms in total. The van der Waals surface area contributed by atoms with Gasteiger partial charge in [0, 0.05) is 28.1 Å². The molecule has 0 saturated heterocycles. The highest BCUT2D eigenvalue weighted by atomic mass is 35.5. The second-order valence-corrected chi connectivity index (χ2v) is 11.1. The van der Waals surface area contributed by atoms with Crippen molar-refractivity contribution in [3.8, 4) is 0 Å². The van der Waals surface area contributed by atoms with Gasteiger partial charge >= 0.3 is 0 Å². The molecule has 170 valence electrons. The second-order valence-electron chi connectivity index (χ2n) is 7.33. The van der Waals surface area contributed by atoms with Crippen LogP contribution in [0.1, 0.15) is 30.0 Å². The molecule has 1 amide bonds. The first-order chi connectivity index (χ1) is 14.5. The topological polar surface area (TPSA) is 66.5 Å². The van der Waals surface area contributed by atoms with Gasteiger partial charge in [0.2, 0.25) is 15.9 Å². The number of thioether (sulfide) groups is 1. The van der Waals surface area contributed by atoms with E-state index in [0.717, 1.165) is 22.9 Å². The predicted octanol–water partition coefficient (Wildman–Crippen LogP) is 5.20. The van der Waals surface area contributed by atoms with Crippen molar-refractivity contribution in [1.29, 1.82) is 0 Å². The number of sulfonamides is 1. The molecule has 2 aromatic rings. The van der Waals surface area contributed by atoms with Gasteiger partial charge in [0.25, 0.3) is 0 Å². The van der Waals surface area contributed by atoms with Crippen LogP contribution in [0.15, 0.2) is 36.4 Å². The van der Waals surface area contributed by atoms with Crippen molar-refractivity contribution in [2.45, 2.75) is 39.0 Å². The standard InChI is InChI=1S/C22H28Cl2N2O3S2/c1-5-21(26(31(4,28)29)19-9-6-15(2)16(3)12-19)22(27)25-10-11-30-14-17-7-8-18(23)13-20(17)24/h6-9,12-13,21H,5,10-11,14H2,1-4H3,(H,25,27). The number of hydrogen-bond acceptors (Lipinski definition) is 4. The molecule has 1 N–H and O–H groups in total. The van der Waals surface area contributed by atoms with E-state index in [-0.39, 0.29) is 5.91 Å². The monoisotopic (exact) mass is 502 g/mol. The van der Waals surface area contributed by atoms with E-state index in [0.29, 0.717) is 40.2 Å². The summed E-state index contributed by atoms with van der Waals surface area (Å²) in [5.74, 6) is 1.06. The van der Waals surface area contributed by atoms with Crippen LogP contribution >= 0.6 is 35.0 Å². The normalized spacial score (nSPS) is 12.5. The number of anilines is 1. The zero-order valence-electron chi connectivity index (χ0n) is 18.1. The van der Waals surface area contributed by atoms with Crippen molar-refractivity contribution >= 4 is 56.6 Å². The molecule has 0 radical (unpaired) electrons. The van der Waals surface area contributed by atoms with Crippen LogP contribution in [-0.2, 0) is 20.6 Å². The number of nitrogens with zero attached hydrogens (tertiary/aromatic N) is 1. The molecule has 0 spiro atoms. The average molecular weight is 504 g/mol. The molecule has 1 unspecified atom stereocenters. The van der Waals surface area contributed by atoms with Gasteiger partial charge in [-0.15, -0.1) is 0 Å².